The first kappa shape index (κ1) is 11.8. The molecular weight excluding hydrogens is 204 g/mol. The van der Waals surface area contributed by atoms with Crippen molar-refractivity contribution in [2.24, 2.45) is 0 Å². The van der Waals surface area contributed by atoms with Crippen molar-refractivity contribution in [2.75, 3.05) is 0 Å². The zero-order valence-corrected chi connectivity index (χ0v) is 8.76. The minimum atomic E-state index is -0.806. The minimum absolute atomic E-state index is 0.288. The van der Waals surface area contributed by atoms with Crippen LogP contribution < -0.4 is 4.74 Å². The van der Waals surface area contributed by atoms with Gasteiger partial charge in [0.15, 0.2) is 0 Å². The number of allylic oxidation sites excluding steroid dienone is 3. The fourth-order valence-corrected chi connectivity index (χ4v) is 0.962. The van der Waals surface area contributed by atoms with Gasteiger partial charge in [-0.25, -0.2) is 4.79 Å². The fourth-order valence-electron chi connectivity index (χ4n) is 0.962. The molecule has 0 spiro atoms. The quantitative estimate of drug-likeness (QED) is 0.334. The number of benzene rings is 1. The fraction of sp³-hybridized carbons (Fsp3) is 0. The van der Waals surface area contributed by atoms with Gasteiger partial charge in [0, 0.05) is 0 Å². The largest absolute Gasteiger partial charge is 0.519 e. The summed E-state index contributed by atoms with van der Waals surface area (Å²) in [5, 5.41) is 0. The van der Waals surface area contributed by atoms with Gasteiger partial charge in [-0.15, -0.1) is 0 Å². The van der Waals surface area contributed by atoms with Crippen molar-refractivity contribution in [1.82, 2.24) is 0 Å². The zero-order chi connectivity index (χ0) is 11.8. The van der Waals surface area contributed by atoms with Crippen molar-refractivity contribution in [1.29, 1.82) is 0 Å². The highest BCUT2D eigenvalue weighted by Crippen LogP contribution is 2.10. The van der Waals surface area contributed by atoms with E-state index in [1.165, 1.54) is 18.2 Å². The molecule has 1 aromatic carbocycles. The highest BCUT2D eigenvalue weighted by Gasteiger charge is 2.06. The Labute approximate surface area is 94.3 Å². The van der Waals surface area contributed by atoms with Gasteiger partial charge in [0.2, 0.25) is 0 Å². The average Bonchev–Trinajstić information content (AvgIpc) is 2.29. The number of carbonyl (C=O) groups is 1. The summed E-state index contributed by atoms with van der Waals surface area (Å²) in [4.78, 5) is 11.3. The lowest BCUT2D eigenvalue weighted by atomic mass is 10.3. The van der Waals surface area contributed by atoms with Crippen LogP contribution in [-0.4, -0.2) is 6.16 Å². The summed E-state index contributed by atoms with van der Waals surface area (Å²) in [7, 11) is 0. The van der Waals surface area contributed by atoms with Crippen LogP contribution in [0.15, 0.2) is 67.5 Å². The maximum atomic E-state index is 11.3. The molecule has 1 aromatic rings. The lowest BCUT2D eigenvalue weighted by Gasteiger charge is -2.04. The molecular formula is C13H12O3. The second kappa shape index (κ2) is 6.24. The number of hydrogen-bond donors (Lipinski definition) is 0. The maximum absolute atomic E-state index is 11.3. The Bertz CT molecular complexity index is 404. The van der Waals surface area contributed by atoms with E-state index in [1.54, 1.807) is 24.3 Å². The van der Waals surface area contributed by atoms with Gasteiger partial charge in [-0.2, -0.15) is 0 Å². The van der Waals surface area contributed by atoms with Crippen molar-refractivity contribution in [2.45, 2.75) is 0 Å². The molecule has 0 atom stereocenters. The molecule has 0 saturated heterocycles. The van der Waals surface area contributed by atoms with Crippen molar-refractivity contribution < 1.29 is 14.3 Å². The van der Waals surface area contributed by atoms with Crippen molar-refractivity contribution in [3.8, 4) is 5.75 Å². The van der Waals surface area contributed by atoms with Crippen LogP contribution in [0, 0.1) is 0 Å². The molecule has 0 radical (unpaired) electrons. The van der Waals surface area contributed by atoms with Crippen LogP contribution in [0.3, 0.4) is 0 Å². The summed E-state index contributed by atoms with van der Waals surface area (Å²) in [6.07, 6.45) is 3.60. The van der Waals surface area contributed by atoms with Gasteiger partial charge < -0.3 is 9.47 Å². The highest BCUT2D eigenvalue weighted by molar-refractivity contribution is 5.65. The third-order valence-corrected chi connectivity index (χ3v) is 1.63. The van der Waals surface area contributed by atoms with Crippen molar-refractivity contribution in [3.63, 3.8) is 0 Å². The highest BCUT2D eigenvalue weighted by atomic mass is 16.7. The predicted molar refractivity (Wildman–Crippen MR) is 62.0 cm³/mol. The predicted octanol–water partition coefficient (Wildman–Crippen LogP) is 3.46. The number of hydrogen-bond acceptors (Lipinski definition) is 3. The monoisotopic (exact) mass is 216 g/mol. The van der Waals surface area contributed by atoms with Gasteiger partial charge in [0.25, 0.3) is 0 Å². The molecule has 0 saturated carbocycles. The van der Waals surface area contributed by atoms with Gasteiger partial charge in [0.05, 0.1) is 0 Å². The van der Waals surface area contributed by atoms with E-state index in [4.69, 9.17) is 9.47 Å². The Hall–Kier alpha value is -2.29. The summed E-state index contributed by atoms with van der Waals surface area (Å²) in [5.41, 5.74) is 0. The Balaban J connectivity index is 2.57. The Morgan fingerprint density at radius 3 is 2.44 bits per heavy atom. The van der Waals surface area contributed by atoms with Gasteiger partial charge in [-0.1, -0.05) is 37.4 Å². The summed E-state index contributed by atoms with van der Waals surface area (Å²) >= 11 is 0. The molecule has 0 unspecified atom stereocenters. The van der Waals surface area contributed by atoms with E-state index in [0.29, 0.717) is 5.75 Å². The van der Waals surface area contributed by atoms with Crippen LogP contribution in [0.2, 0.25) is 0 Å². The van der Waals surface area contributed by atoms with E-state index in [1.807, 2.05) is 6.07 Å². The molecule has 3 nitrogen and oxygen atoms in total. The SMILES string of the molecule is C=C/C=C(\C=C)OC(=O)Oc1ccccc1. The van der Waals surface area contributed by atoms with Gasteiger partial charge in [-0.3, -0.25) is 0 Å². The normalized spacial score (nSPS) is 10.4. The van der Waals surface area contributed by atoms with Crippen molar-refractivity contribution in [3.05, 3.63) is 67.5 Å². The third kappa shape index (κ3) is 3.84. The first-order valence-electron chi connectivity index (χ1n) is 4.66. The van der Waals surface area contributed by atoms with Gasteiger partial charge >= 0.3 is 6.16 Å². The molecule has 0 aliphatic heterocycles. The topological polar surface area (TPSA) is 35.5 Å². The van der Waals surface area contributed by atoms with Crippen LogP contribution in [0.4, 0.5) is 4.79 Å². The molecule has 0 aliphatic rings. The molecule has 0 N–H and O–H groups in total. The van der Waals surface area contributed by atoms with E-state index in [9.17, 15) is 4.79 Å². The molecule has 82 valence electrons. The Morgan fingerprint density at radius 1 is 1.19 bits per heavy atom. The van der Waals surface area contributed by atoms with E-state index in [-0.39, 0.29) is 5.76 Å². The number of para-hydroxylation sites is 1. The molecule has 0 heterocycles. The molecule has 0 amide bonds. The van der Waals surface area contributed by atoms with Crippen LogP contribution in [0.5, 0.6) is 5.75 Å². The number of rotatable bonds is 4. The molecule has 0 bridgehead atoms. The summed E-state index contributed by atoms with van der Waals surface area (Å²) in [6.45, 7) is 6.97. The second-order valence-corrected chi connectivity index (χ2v) is 2.78. The second-order valence-electron chi connectivity index (χ2n) is 2.78. The Morgan fingerprint density at radius 2 is 1.88 bits per heavy atom. The molecule has 16 heavy (non-hydrogen) atoms. The van der Waals surface area contributed by atoms with Gasteiger partial charge in [0.1, 0.15) is 11.5 Å². The van der Waals surface area contributed by atoms with Crippen molar-refractivity contribution >= 4 is 6.16 Å². The molecule has 3 heteroatoms. The zero-order valence-electron chi connectivity index (χ0n) is 8.76. The maximum Gasteiger partial charge on any atom is 0.519 e. The van der Waals surface area contributed by atoms with Crippen LogP contribution in [0.25, 0.3) is 0 Å². The first-order chi connectivity index (χ1) is 7.76. The van der Waals surface area contributed by atoms with E-state index < -0.39 is 6.16 Å². The van der Waals surface area contributed by atoms with Crippen LogP contribution in [0.1, 0.15) is 0 Å². The summed E-state index contributed by atoms with van der Waals surface area (Å²) in [6, 6.07) is 8.66. The van der Waals surface area contributed by atoms with E-state index >= 15 is 0 Å². The lowest BCUT2D eigenvalue weighted by Crippen LogP contribution is -2.09. The van der Waals surface area contributed by atoms with E-state index in [2.05, 4.69) is 13.2 Å². The third-order valence-electron chi connectivity index (χ3n) is 1.63. The Kier molecular flexibility index (Phi) is 4.60. The molecule has 1 rings (SSSR count). The molecule has 0 fully saturated rings. The molecule has 0 aliphatic carbocycles. The lowest BCUT2D eigenvalue weighted by molar-refractivity contribution is 0.129. The van der Waals surface area contributed by atoms with Gasteiger partial charge in [-0.05, 0) is 24.3 Å². The molecule has 0 aromatic heterocycles. The number of carbonyl (C=O) groups excluding carboxylic acids is 1. The smallest absolute Gasteiger partial charge is 0.395 e. The van der Waals surface area contributed by atoms with Crippen LogP contribution >= 0.6 is 0 Å². The summed E-state index contributed by atoms with van der Waals surface area (Å²) < 4.78 is 9.76. The van der Waals surface area contributed by atoms with E-state index in [0.717, 1.165) is 0 Å². The average molecular weight is 216 g/mol. The first-order valence-corrected chi connectivity index (χ1v) is 4.66. The summed E-state index contributed by atoms with van der Waals surface area (Å²) in [5.74, 6) is 0.713. The number of ether oxygens (including phenoxy) is 2. The minimum Gasteiger partial charge on any atom is -0.395 e. The standard InChI is InChI=1S/C13H12O3/c1-3-8-11(4-2)15-13(14)16-12-9-6-5-7-10-12/h3-10H,1-2H2/b11-8+. The van der Waals surface area contributed by atoms with Crippen LogP contribution in [-0.2, 0) is 4.74 Å².